The number of ether oxygens (including phenoxy) is 1. The van der Waals surface area contributed by atoms with Crippen molar-refractivity contribution in [3.05, 3.63) is 35.5 Å². The van der Waals surface area contributed by atoms with Crippen LogP contribution in [0.25, 0.3) is 10.9 Å². The molecule has 6 nitrogen and oxygen atoms in total. The predicted octanol–water partition coefficient (Wildman–Crippen LogP) is 1.47. The monoisotopic (exact) mass is 286 g/mol. The molecular formula is C15H14N2O4. The minimum Gasteiger partial charge on any atom is -0.461 e. The molecule has 0 radical (unpaired) electrons. The van der Waals surface area contributed by atoms with E-state index in [0.717, 1.165) is 10.9 Å². The first kappa shape index (κ1) is 13.4. The highest BCUT2D eigenvalue weighted by Gasteiger charge is 2.37. The van der Waals surface area contributed by atoms with Crippen molar-refractivity contribution in [1.82, 2.24) is 10.3 Å². The first-order valence-electron chi connectivity index (χ1n) is 6.73. The zero-order chi connectivity index (χ0) is 15.0. The van der Waals surface area contributed by atoms with Gasteiger partial charge in [-0.05, 0) is 13.0 Å². The maximum absolute atomic E-state index is 12.1. The van der Waals surface area contributed by atoms with Crippen molar-refractivity contribution in [2.45, 2.75) is 19.3 Å². The van der Waals surface area contributed by atoms with E-state index < -0.39 is 11.9 Å². The van der Waals surface area contributed by atoms with Crippen LogP contribution in [0.5, 0.6) is 0 Å². The van der Waals surface area contributed by atoms with Crippen LogP contribution in [-0.4, -0.2) is 29.4 Å². The molecule has 21 heavy (non-hydrogen) atoms. The van der Waals surface area contributed by atoms with Crippen molar-refractivity contribution in [3.63, 3.8) is 0 Å². The number of para-hydroxylation sites is 1. The smallest absolute Gasteiger partial charge is 0.355 e. The summed E-state index contributed by atoms with van der Waals surface area (Å²) in [5.74, 6) is -1.88. The van der Waals surface area contributed by atoms with Crippen LogP contribution in [0.4, 0.5) is 0 Å². The lowest BCUT2D eigenvalue weighted by molar-refractivity contribution is -0.125. The number of hydrogen-bond donors (Lipinski definition) is 2. The highest BCUT2D eigenvalue weighted by molar-refractivity contribution is 6.10. The highest BCUT2D eigenvalue weighted by atomic mass is 16.5. The molecule has 1 aliphatic rings. The lowest BCUT2D eigenvalue weighted by Crippen LogP contribution is -2.22. The Hall–Kier alpha value is -2.63. The molecule has 3 rings (SSSR count). The summed E-state index contributed by atoms with van der Waals surface area (Å²) in [6.45, 7) is 1.95. The standard InChI is InChI=1S/C15H14N2O4/c1-2-21-15(20)13-12(9-7-11(18)17-14(9)19)8-5-3-4-6-10(8)16-13/h3-6,9,16H,2,7H2,1H3,(H,17,18,19). The Morgan fingerprint density at radius 2 is 2.10 bits per heavy atom. The third-order valence-corrected chi connectivity index (χ3v) is 3.54. The number of imide groups is 1. The Labute approximate surface area is 120 Å². The summed E-state index contributed by atoms with van der Waals surface area (Å²) in [7, 11) is 0. The molecule has 1 atom stereocenters. The molecule has 1 saturated heterocycles. The molecule has 0 spiro atoms. The van der Waals surface area contributed by atoms with Gasteiger partial charge in [-0.3, -0.25) is 14.9 Å². The van der Waals surface area contributed by atoms with Crippen molar-refractivity contribution < 1.29 is 19.1 Å². The average molecular weight is 286 g/mol. The van der Waals surface area contributed by atoms with Crippen LogP contribution in [-0.2, 0) is 14.3 Å². The van der Waals surface area contributed by atoms with E-state index in [1.165, 1.54) is 0 Å². The highest BCUT2D eigenvalue weighted by Crippen LogP contribution is 2.34. The summed E-state index contributed by atoms with van der Waals surface area (Å²) in [4.78, 5) is 38.5. The summed E-state index contributed by atoms with van der Waals surface area (Å²) in [5.41, 5.74) is 1.52. The number of benzene rings is 1. The molecule has 2 N–H and O–H groups in total. The van der Waals surface area contributed by atoms with Crippen LogP contribution in [0.1, 0.15) is 35.3 Å². The predicted molar refractivity (Wildman–Crippen MR) is 74.8 cm³/mol. The fourth-order valence-corrected chi connectivity index (χ4v) is 2.68. The molecule has 6 heteroatoms. The molecule has 1 aliphatic heterocycles. The molecule has 1 aromatic heterocycles. The minimum atomic E-state index is -0.659. The number of aromatic nitrogens is 1. The number of carbonyl (C=O) groups excluding carboxylic acids is 3. The molecular weight excluding hydrogens is 272 g/mol. The second kappa shape index (κ2) is 5.05. The molecule has 1 aromatic carbocycles. The molecule has 0 bridgehead atoms. The number of aromatic amines is 1. The van der Waals surface area contributed by atoms with Gasteiger partial charge in [0.05, 0.1) is 12.5 Å². The Morgan fingerprint density at radius 3 is 2.76 bits per heavy atom. The number of carbonyl (C=O) groups is 3. The van der Waals surface area contributed by atoms with Gasteiger partial charge in [0, 0.05) is 22.9 Å². The van der Waals surface area contributed by atoms with Crippen molar-refractivity contribution in [3.8, 4) is 0 Å². The molecule has 0 saturated carbocycles. The van der Waals surface area contributed by atoms with Gasteiger partial charge < -0.3 is 9.72 Å². The lowest BCUT2D eigenvalue weighted by Gasteiger charge is -2.08. The zero-order valence-corrected chi connectivity index (χ0v) is 11.4. The van der Waals surface area contributed by atoms with Crippen LogP contribution in [0.3, 0.4) is 0 Å². The maximum atomic E-state index is 12.1. The van der Waals surface area contributed by atoms with Crippen LogP contribution in [0, 0.1) is 0 Å². The molecule has 2 heterocycles. The molecule has 1 fully saturated rings. The number of hydrogen-bond acceptors (Lipinski definition) is 4. The van der Waals surface area contributed by atoms with Crippen LogP contribution in [0.15, 0.2) is 24.3 Å². The summed E-state index contributed by atoms with van der Waals surface area (Å²) < 4.78 is 5.03. The Morgan fingerprint density at radius 1 is 1.33 bits per heavy atom. The molecule has 108 valence electrons. The number of H-pyrrole nitrogens is 1. The summed E-state index contributed by atoms with van der Waals surface area (Å²) >= 11 is 0. The second-order valence-electron chi connectivity index (χ2n) is 4.85. The zero-order valence-electron chi connectivity index (χ0n) is 11.4. The molecule has 0 aliphatic carbocycles. The summed E-state index contributed by atoms with van der Waals surface area (Å²) in [5, 5.41) is 3.03. The fraction of sp³-hybridized carbons (Fsp3) is 0.267. The third-order valence-electron chi connectivity index (χ3n) is 3.54. The number of nitrogens with one attached hydrogen (secondary N) is 2. The largest absolute Gasteiger partial charge is 0.461 e. The van der Waals surface area contributed by atoms with Gasteiger partial charge in [0.2, 0.25) is 11.8 Å². The van der Waals surface area contributed by atoms with E-state index in [1.54, 1.807) is 6.92 Å². The third kappa shape index (κ3) is 2.18. The molecule has 1 unspecified atom stereocenters. The summed E-state index contributed by atoms with van der Waals surface area (Å²) in [6.07, 6.45) is 0.0487. The van der Waals surface area contributed by atoms with E-state index >= 15 is 0 Å². The first-order valence-corrected chi connectivity index (χ1v) is 6.73. The van der Waals surface area contributed by atoms with Crippen LogP contribution >= 0.6 is 0 Å². The van der Waals surface area contributed by atoms with E-state index in [4.69, 9.17) is 4.74 Å². The van der Waals surface area contributed by atoms with E-state index in [-0.39, 0.29) is 30.5 Å². The molecule has 2 amide bonds. The summed E-state index contributed by atoms with van der Waals surface area (Å²) in [6, 6.07) is 7.29. The SMILES string of the molecule is CCOC(=O)c1[nH]c2ccccc2c1C1CC(=O)NC1=O. The van der Waals surface area contributed by atoms with Crippen LogP contribution in [0.2, 0.25) is 0 Å². The Bertz CT molecular complexity index is 747. The topological polar surface area (TPSA) is 88.3 Å². The average Bonchev–Trinajstić information content (AvgIpc) is 2.98. The van der Waals surface area contributed by atoms with Gasteiger partial charge in [0.25, 0.3) is 0 Å². The first-order chi connectivity index (χ1) is 10.1. The van der Waals surface area contributed by atoms with Crippen LogP contribution < -0.4 is 5.32 Å². The van der Waals surface area contributed by atoms with E-state index in [9.17, 15) is 14.4 Å². The van der Waals surface area contributed by atoms with Gasteiger partial charge >= 0.3 is 5.97 Å². The Balaban J connectivity index is 2.18. The normalized spacial score (nSPS) is 18.0. The van der Waals surface area contributed by atoms with Gasteiger partial charge in [-0.2, -0.15) is 0 Å². The molecule has 2 aromatic rings. The quantitative estimate of drug-likeness (QED) is 0.660. The van der Waals surface area contributed by atoms with E-state index in [0.29, 0.717) is 5.56 Å². The number of rotatable bonds is 3. The number of esters is 1. The van der Waals surface area contributed by atoms with Crippen molar-refractivity contribution >= 4 is 28.7 Å². The maximum Gasteiger partial charge on any atom is 0.355 e. The van der Waals surface area contributed by atoms with Gasteiger partial charge in [0.1, 0.15) is 5.69 Å². The van der Waals surface area contributed by atoms with E-state index in [2.05, 4.69) is 10.3 Å². The lowest BCUT2D eigenvalue weighted by atomic mass is 9.94. The van der Waals surface area contributed by atoms with Gasteiger partial charge in [-0.1, -0.05) is 18.2 Å². The van der Waals surface area contributed by atoms with E-state index in [1.807, 2.05) is 24.3 Å². The van der Waals surface area contributed by atoms with Crippen molar-refractivity contribution in [2.24, 2.45) is 0 Å². The second-order valence-corrected chi connectivity index (χ2v) is 4.85. The van der Waals surface area contributed by atoms with Gasteiger partial charge in [-0.25, -0.2) is 4.79 Å². The van der Waals surface area contributed by atoms with Crippen molar-refractivity contribution in [2.75, 3.05) is 6.61 Å². The minimum absolute atomic E-state index is 0.0487. The number of amides is 2. The van der Waals surface area contributed by atoms with Gasteiger partial charge in [-0.15, -0.1) is 0 Å². The van der Waals surface area contributed by atoms with Gasteiger partial charge in [0.15, 0.2) is 0 Å². The number of fused-ring (bicyclic) bond motifs is 1. The Kier molecular flexibility index (Phi) is 3.21. The fourth-order valence-electron chi connectivity index (χ4n) is 2.68. The van der Waals surface area contributed by atoms with Crippen molar-refractivity contribution in [1.29, 1.82) is 0 Å².